The molecule has 20 heavy (non-hydrogen) atoms. The van der Waals surface area contributed by atoms with Gasteiger partial charge in [-0.25, -0.2) is 0 Å². The van der Waals surface area contributed by atoms with Crippen LogP contribution in [0.15, 0.2) is 48.5 Å². The molecule has 0 bridgehead atoms. The second-order valence-electron chi connectivity index (χ2n) is 5.74. The second-order valence-corrected chi connectivity index (χ2v) is 5.74. The van der Waals surface area contributed by atoms with E-state index < -0.39 is 0 Å². The van der Waals surface area contributed by atoms with Crippen LogP contribution in [0.4, 0.5) is 0 Å². The third-order valence-electron chi connectivity index (χ3n) is 3.86. The Bertz CT molecular complexity index is 568. The van der Waals surface area contributed by atoms with Crippen molar-refractivity contribution < 1.29 is 4.74 Å². The summed E-state index contributed by atoms with van der Waals surface area (Å²) in [6.07, 6.45) is 3.03. The summed E-state index contributed by atoms with van der Waals surface area (Å²) in [5, 5.41) is 0. The molecule has 2 aromatic rings. The highest BCUT2D eigenvalue weighted by molar-refractivity contribution is 5.37. The van der Waals surface area contributed by atoms with Gasteiger partial charge in [0, 0.05) is 18.9 Å². The molecule has 104 valence electrons. The lowest BCUT2D eigenvalue weighted by Crippen LogP contribution is -2.30. The number of hydrogen-bond acceptors (Lipinski definition) is 2. The van der Waals surface area contributed by atoms with Crippen molar-refractivity contribution in [1.29, 1.82) is 0 Å². The maximum atomic E-state index is 6.29. The van der Waals surface area contributed by atoms with Crippen molar-refractivity contribution in [2.24, 2.45) is 5.73 Å². The first-order valence-electron chi connectivity index (χ1n) is 7.26. The molecule has 2 nitrogen and oxygen atoms in total. The molecule has 0 saturated carbocycles. The van der Waals surface area contributed by atoms with Crippen LogP contribution in [0.25, 0.3) is 0 Å². The molecule has 1 aliphatic rings. The van der Waals surface area contributed by atoms with E-state index in [1.165, 1.54) is 16.7 Å². The van der Waals surface area contributed by atoms with Crippen LogP contribution in [0.2, 0.25) is 0 Å². The van der Waals surface area contributed by atoms with Crippen LogP contribution in [0.3, 0.4) is 0 Å². The maximum absolute atomic E-state index is 6.29. The number of fused-ring (bicyclic) bond motifs is 1. The van der Waals surface area contributed by atoms with Gasteiger partial charge in [-0.15, -0.1) is 0 Å². The van der Waals surface area contributed by atoms with Gasteiger partial charge >= 0.3 is 0 Å². The van der Waals surface area contributed by atoms with Gasteiger partial charge in [0.1, 0.15) is 11.9 Å². The fourth-order valence-corrected chi connectivity index (χ4v) is 2.95. The van der Waals surface area contributed by atoms with Gasteiger partial charge in [-0.1, -0.05) is 48.0 Å². The van der Waals surface area contributed by atoms with E-state index in [9.17, 15) is 0 Å². The summed E-state index contributed by atoms with van der Waals surface area (Å²) in [5.41, 5.74) is 10.2. The molecular formula is C18H21NO. The minimum Gasteiger partial charge on any atom is -0.490 e. The van der Waals surface area contributed by atoms with Crippen LogP contribution in [0.1, 0.15) is 23.1 Å². The first kappa shape index (κ1) is 13.2. The van der Waals surface area contributed by atoms with Gasteiger partial charge in [-0.05, 0) is 30.5 Å². The quantitative estimate of drug-likeness (QED) is 0.923. The summed E-state index contributed by atoms with van der Waals surface area (Å²) in [6, 6.07) is 17.0. The van der Waals surface area contributed by atoms with E-state index in [-0.39, 0.29) is 12.1 Å². The third kappa shape index (κ3) is 3.02. The van der Waals surface area contributed by atoms with Crippen LogP contribution in [-0.2, 0) is 12.8 Å². The first-order valence-corrected chi connectivity index (χ1v) is 7.26. The van der Waals surface area contributed by atoms with Crippen molar-refractivity contribution in [3.63, 3.8) is 0 Å². The Kier molecular flexibility index (Phi) is 3.75. The highest BCUT2D eigenvalue weighted by atomic mass is 16.5. The summed E-state index contributed by atoms with van der Waals surface area (Å²) < 4.78 is 5.96. The number of aryl methyl sites for hydroxylation is 1. The maximum Gasteiger partial charge on any atom is 0.123 e. The molecule has 2 unspecified atom stereocenters. The van der Waals surface area contributed by atoms with Gasteiger partial charge in [-0.2, -0.15) is 0 Å². The lowest BCUT2D eigenvalue weighted by atomic mass is 9.98. The van der Waals surface area contributed by atoms with Crippen LogP contribution in [0, 0.1) is 6.92 Å². The Balaban J connectivity index is 1.57. The van der Waals surface area contributed by atoms with Crippen molar-refractivity contribution in [2.75, 3.05) is 0 Å². The van der Waals surface area contributed by atoms with Crippen LogP contribution in [-0.4, -0.2) is 12.1 Å². The monoisotopic (exact) mass is 267 g/mol. The summed E-state index contributed by atoms with van der Waals surface area (Å²) in [6.45, 7) is 2.12. The van der Waals surface area contributed by atoms with Gasteiger partial charge in [0.15, 0.2) is 0 Å². The minimum absolute atomic E-state index is 0.149. The highest BCUT2D eigenvalue weighted by Gasteiger charge is 2.24. The number of ether oxygens (including phenoxy) is 1. The summed E-state index contributed by atoms with van der Waals surface area (Å²) >= 11 is 0. The Morgan fingerprint density at radius 2 is 2.05 bits per heavy atom. The van der Waals surface area contributed by atoms with Crippen molar-refractivity contribution in [1.82, 2.24) is 0 Å². The molecule has 0 aliphatic carbocycles. The molecule has 1 heterocycles. The average Bonchev–Trinajstić information content (AvgIpc) is 2.80. The molecule has 1 aliphatic heterocycles. The SMILES string of the molecule is Cc1cccc(CC(N)CC2Cc3ccccc3O2)c1. The average molecular weight is 267 g/mol. The Labute approximate surface area is 120 Å². The van der Waals surface area contributed by atoms with E-state index in [0.717, 1.165) is 25.0 Å². The highest BCUT2D eigenvalue weighted by Crippen LogP contribution is 2.30. The zero-order valence-electron chi connectivity index (χ0n) is 11.9. The topological polar surface area (TPSA) is 35.2 Å². The number of para-hydroxylation sites is 1. The molecule has 0 fully saturated rings. The van der Waals surface area contributed by atoms with Gasteiger partial charge < -0.3 is 10.5 Å². The predicted octanol–water partition coefficient (Wildman–Crippen LogP) is 3.26. The summed E-state index contributed by atoms with van der Waals surface area (Å²) in [5.74, 6) is 1.03. The number of benzene rings is 2. The number of rotatable bonds is 4. The first-order chi connectivity index (χ1) is 9.70. The van der Waals surface area contributed by atoms with Gasteiger partial charge in [-0.3, -0.25) is 0 Å². The lowest BCUT2D eigenvalue weighted by molar-refractivity contribution is 0.210. The Hall–Kier alpha value is -1.80. The molecule has 0 amide bonds. The van der Waals surface area contributed by atoms with E-state index >= 15 is 0 Å². The van der Waals surface area contributed by atoms with Crippen molar-refractivity contribution in [3.05, 3.63) is 65.2 Å². The molecule has 0 saturated heterocycles. The molecule has 0 spiro atoms. The summed E-state index contributed by atoms with van der Waals surface area (Å²) in [4.78, 5) is 0. The molecular weight excluding hydrogens is 246 g/mol. The van der Waals surface area contributed by atoms with Crippen molar-refractivity contribution in [3.8, 4) is 5.75 Å². The standard InChI is InChI=1S/C18H21NO/c1-13-5-4-6-14(9-13)10-16(19)12-17-11-15-7-2-3-8-18(15)20-17/h2-9,16-17H,10-12,19H2,1H3. The lowest BCUT2D eigenvalue weighted by Gasteiger charge is -2.17. The fraction of sp³-hybridized carbons (Fsp3) is 0.333. The zero-order chi connectivity index (χ0) is 13.9. The summed E-state index contributed by atoms with van der Waals surface area (Å²) in [7, 11) is 0. The molecule has 2 aromatic carbocycles. The molecule has 3 rings (SSSR count). The Morgan fingerprint density at radius 3 is 2.85 bits per heavy atom. The van der Waals surface area contributed by atoms with Crippen LogP contribution in [0.5, 0.6) is 5.75 Å². The van der Waals surface area contributed by atoms with Gasteiger partial charge in [0.25, 0.3) is 0 Å². The van der Waals surface area contributed by atoms with Crippen molar-refractivity contribution in [2.45, 2.75) is 38.3 Å². The molecule has 2 heteroatoms. The predicted molar refractivity (Wildman–Crippen MR) is 82.0 cm³/mol. The smallest absolute Gasteiger partial charge is 0.123 e. The normalized spacial score (nSPS) is 18.4. The van der Waals surface area contributed by atoms with E-state index in [1.54, 1.807) is 0 Å². The van der Waals surface area contributed by atoms with Gasteiger partial charge in [0.05, 0.1) is 0 Å². The molecule has 0 aromatic heterocycles. The van der Waals surface area contributed by atoms with E-state index in [2.05, 4.69) is 43.3 Å². The second kappa shape index (κ2) is 5.68. The van der Waals surface area contributed by atoms with E-state index in [4.69, 9.17) is 10.5 Å². The van der Waals surface area contributed by atoms with E-state index in [0.29, 0.717) is 0 Å². The third-order valence-corrected chi connectivity index (χ3v) is 3.86. The molecule has 2 N–H and O–H groups in total. The van der Waals surface area contributed by atoms with E-state index in [1.807, 2.05) is 12.1 Å². The number of hydrogen-bond donors (Lipinski definition) is 1. The Morgan fingerprint density at radius 1 is 1.20 bits per heavy atom. The number of nitrogens with two attached hydrogens (primary N) is 1. The van der Waals surface area contributed by atoms with Crippen LogP contribution < -0.4 is 10.5 Å². The van der Waals surface area contributed by atoms with Crippen LogP contribution >= 0.6 is 0 Å². The molecule has 0 radical (unpaired) electrons. The van der Waals surface area contributed by atoms with Gasteiger partial charge in [0.2, 0.25) is 0 Å². The largest absolute Gasteiger partial charge is 0.490 e. The minimum atomic E-state index is 0.149. The fourth-order valence-electron chi connectivity index (χ4n) is 2.95. The molecule has 2 atom stereocenters. The zero-order valence-corrected chi connectivity index (χ0v) is 11.9. The van der Waals surface area contributed by atoms with Crippen molar-refractivity contribution >= 4 is 0 Å².